The minimum Gasteiger partial charge on any atom is -0.494 e. The van der Waals surface area contributed by atoms with E-state index in [1.165, 1.54) is 13.2 Å². The second-order valence-corrected chi connectivity index (χ2v) is 6.86. The summed E-state index contributed by atoms with van der Waals surface area (Å²) in [7, 11) is 1.52. The summed E-state index contributed by atoms with van der Waals surface area (Å²) in [6.07, 6.45) is 5.15. The molecule has 0 radical (unpaired) electrons. The molecule has 4 rings (SSSR count). The average molecular weight is 377 g/mol. The maximum Gasteiger partial charge on any atom is 0.273 e. The highest BCUT2D eigenvalue weighted by Gasteiger charge is 2.40. The fourth-order valence-corrected chi connectivity index (χ4v) is 4.14. The number of allylic oxidation sites excluding steroid dienone is 2. The van der Waals surface area contributed by atoms with E-state index in [2.05, 4.69) is 17.5 Å². The van der Waals surface area contributed by atoms with Crippen LogP contribution in [0.25, 0.3) is 0 Å². The van der Waals surface area contributed by atoms with E-state index in [-0.39, 0.29) is 35.1 Å². The van der Waals surface area contributed by atoms with Gasteiger partial charge in [-0.2, -0.15) is 5.26 Å². The largest absolute Gasteiger partial charge is 0.494 e. The van der Waals surface area contributed by atoms with Gasteiger partial charge < -0.3 is 14.8 Å². The third-order valence-corrected chi connectivity index (χ3v) is 5.39. The number of non-ortho nitro benzene ring substituents is 1. The zero-order valence-corrected chi connectivity index (χ0v) is 15.3. The highest BCUT2D eigenvalue weighted by molar-refractivity contribution is 5.71. The van der Waals surface area contributed by atoms with Gasteiger partial charge in [-0.3, -0.25) is 10.1 Å². The predicted octanol–water partition coefficient (Wildman–Crippen LogP) is 4.33. The summed E-state index contributed by atoms with van der Waals surface area (Å²) in [4.78, 5) is 10.9. The summed E-state index contributed by atoms with van der Waals surface area (Å²) < 4.78 is 10.8. The lowest BCUT2D eigenvalue weighted by Gasteiger charge is -2.38. The Bertz CT molecular complexity index is 978. The van der Waals surface area contributed by atoms with Crippen molar-refractivity contribution in [3.05, 3.63) is 69.8 Å². The molecule has 7 nitrogen and oxygen atoms in total. The Balaban J connectivity index is 1.72. The lowest BCUT2D eigenvalue weighted by atomic mass is 9.76. The molecule has 0 fully saturated rings. The van der Waals surface area contributed by atoms with E-state index < -0.39 is 0 Å². The quantitative estimate of drug-likeness (QED) is 0.473. The Hall–Kier alpha value is -3.53. The molecule has 0 saturated carbocycles. The van der Waals surface area contributed by atoms with Crippen LogP contribution in [-0.2, 0) is 0 Å². The van der Waals surface area contributed by atoms with Crippen LogP contribution in [0, 0.1) is 27.4 Å². The molecule has 2 aromatic rings. The van der Waals surface area contributed by atoms with Crippen LogP contribution >= 0.6 is 0 Å². The zero-order valence-electron chi connectivity index (χ0n) is 15.3. The Kier molecular flexibility index (Phi) is 4.62. The first-order valence-corrected chi connectivity index (χ1v) is 9.01. The Labute approximate surface area is 162 Å². The number of hydrogen-bond donors (Lipinski definition) is 1. The van der Waals surface area contributed by atoms with Gasteiger partial charge in [-0.15, -0.1) is 0 Å². The molecule has 1 aliphatic heterocycles. The molecule has 2 aliphatic rings. The van der Waals surface area contributed by atoms with Crippen LogP contribution in [0.1, 0.15) is 29.5 Å². The number of ether oxygens (including phenoxy) is 2. The fraction of sp³-hybridized carbons (Fsp3) is 0.286. The number of methoxy groups -OCH3 is 1. The van der Waals surface area contributed by atoms with Gasteiger partial charge in [0.25, 0.3) is 5.69 Å². The molecule has 1 aliphatic carbocycles. The fourth-order valence-electron chi connectivity index (χ4n) is 4.14. The molecular weight excluding hydrogens is 358 g/mol. The zero-order chi connectivity index (χ0) is 19.7. The van der Waals surface area contributed by atoms with Crippen LogP contribution in [-0.4, -0.2) is 18.6 Å². The van der Waals surface area contributed by atoms with Gasteiger partial charge in [-0.05, 0) is 35.6 Å². The van der Waals surface area contributed by atoms with Crippen molar-refractivity contribution < 1.29 is 14.4 Å². The molecule has 3 atom stereocenters. The first-order chi connectivity index (χ1) is 13.6. The average Bonchev–Trinajstić information content (AvgIpc) is 3.21. The van der Waals surface area contributed by atoms with Crippen molar-refractivity contribution in [1.29, 1.82) is 5.26 Å². The van der Waals surface area contributed by atoms with Gasteiger partial charge >= 0.3 is 0 Å². The Morgan fingerprint density at radius 3 is 2.79 bits per heavy atom. The van der Waals surface area contributed by atoms with Crippen molar-refractivity contribution in [3.63, 3.8) is 0 Å². The van der Waals surface area contributed by atoms with Crippen LogP contribution in [0.2, 0.25) is 0 Å². The summed E-state index contributed by atoms with van der Waals surface area (Å²) >= 11 is 0. The van der Waals surface area contributed by atoms with E-state index in [0.717, 1.165) is 23.2 Å². The molecule has 1 N–H and O–H groups in total. The van der Waals surface area contributed by atoms with Crippen LogP contribution in [0.3, 0.4) is 0 Å². The topological polar surface area (TPSA) is 97.4 Å². The van der Waals surface area contributed by atoms with Crippen molar-refractivity contribution in [3.8, 4) is 17.6 Å². The molecule has 0 aromatic heterocycles. The standard InChI is InChI=1S/C21H19N3O4/c1-27-19-12-14(24(25)26)11-18-16-3-2-4-17(16)20(23-21(18)19)13-5-7-15(8-6-13)28-10-9-22/h2-3,5-8,11-12,16-17,20,23H,4,10H2,1H3/t16-,17-,20-/m1/s1. The number of nitrogens with one attached hydrogen (secondary N) is 1. The summed E-state index contributed by atoms with van der Waals surface area (Å²) in [5, 5.41) is 23.5. The van der Waals surface area contributed by atoms with E-state index >= 15 is 0 Å². The van der Waals surface area contributed by atoms with Gasteiger partial charge in [-0.1, -0.05) is 24.3 Å². The number of anilines is 1. The molecule has 0 saturated heterocycles. The van der Waals surface area contributed by atoms with Gasteiger partial charge in [0.1, 0.15) is 17.6 Å². The lowest BCUT2D eigenvalue weighted by Crippen LogP contribution is -2.29. The van der Waals surface area contributed by atoms with E-state index in [1.54, 1.807) is 6.07 Å². The molecule has 0 bridgehead atoms. The van der Waals surface area contributed by atoms with E-state index in [9.17, 15) is 10.1 Å². The number of hydrogen-bond acceptors (Lipinski definition) is 6. The second-order valence-electron chi connectivity index (χ2n) is 6.86. The van der Waals surface area contributed by atoms with Crippen LogP contribution < -0.4 is 14.8 Å². The Morgan fingerprint density at radius 2 is 2.11 bits per heavy atom. The summed E-state index contributed by atoms with van der Waals surface area (Å²) in [5.74, 6) is 1.47. The third-order valence-electron chi connectivity index (χ3n) is 5.39. The van der Waals surface area contributed by atoms with Gasteiger partial charge in [-0.25, -0.2) is 0 Å². The van der Waals surface area contributed by atoms with E-state index in [4.69, 9.17) is 14.7 Å². The predicted molar refractivity (Wildman–Crippen MR) is 104 cm³/mol. The van der Waals surface area contributed by atoms with Crippen molar-refractivity contribution >= 4 is 11.4 Å². The molecule has 142 valence electrons. The number of nitrogens with zero attached hydrogens (tertiary/aromatic N) is 2. The number of nitriles is 1. The molecule has 1 heterocycles. The summed E-state index contributed by atoms with van der Waals surface area (Å²) in [6.45, 7) is 0.0129. The van der Waals surface area contributed by atoms with Crippen molar-refractivity contribution in [1.82, 2.24) is 0 Å². The third kappa shape index (κ3) is 3.03. The molecular formula is C21H19N3O4. The number of nitro benzene ring substituents is 1. The Morgan fingerprint density at radius 1 is 1.32 bits per heavy atom. The highest BCUT2D eigenvalue weighted by Crippen LogP contribution is 2.53. The van der Waals surface area contributed by atoms with Gasteiger partial charge in [0.15, 0.2) is 6.61 Å². The summed E-state index contributed by atoms with van der Waals surface area (Å²) in [6, 6.07) is 12.8. The van der Waals surface area contributed by atoms with Gasteiger partial charge in [0.2, 0.25) is 0 Å². The number of nitro groups is 1. The van der Waals surface area contributed by atoms with E-state index in [0.29, 0.717) is 11.5 Å². The molecule has 7 heteroatoms. The van der Waals surface area contributed by atoms with Gasteiger partial charge in [0.05, 0.1) is 29.8 Å². The minimum atomic E-state index is -0.386. The number of fused-ring (bicyclic) bond motifs is 3. The molecule has 0 spiro atoms. The van der Waals surface area contributed by atoms with Crippen LogP contribution in [0.4, 0.5) is 11.4 Å². The number of benzene rings is 2. The molecule has 28 heavy (non-hydrogen) atoms. The van der Waals surface area contributed by atoms with Crippen LogP contribution in [0.5, 0.6) is 11.5 Å². The normalized spacial score (nSPS) is 21.8. The minimum absolute atomic E-state index is 0.0129. The maximum atomic E-state index is 11.3. The van der Waals surface area contributed by atoms with Crippen molar-refractivity contribution in [2.45, 2.75) is 18.4 Å². The smallest absolute Gasteiger partial charge is 0.273 e. The number of rotatable bonds is 5. The molecule has 0 amide bonds. The van der Waals surface area contributed by atoms with Crippen LogP contribution in [0.15, 0.2) is 48.6 Å². The lowest BCUT2D eigenvalue weighted by molar-refractivity contribution is -0.385. The first kappa shape index (κ1) is 17.9. The highest BCUT2D eigenvalue weighted by atomic mass is 16.6. The van der Waals surface area contributed by atoms with Crippen molar-refractivity contribution in [2.24, 2.45) is 5.92 Å². The SMILES string of the molecule is COc1cc([N+](=O)[O-])cc2c1N[C@H](c1ccc(OCC#N)cc1)[C@@H]1CC=C[C@@H]21. The molecule has 0 unspecified atom stereocenters. The molecule has 2 aromatic carbocycles. The maximum absolute atomic E-state index is 11.3. The second kappa shape index (κ2) is 7.24. The first-order valence-electron chi connectivity index (χ1n) is 9.01. The van der Waals surface area contributed by atoms with Crippen molar-refractivity contribution in [2.75, 3.05) is 19.0 Å². The van der Waals surface area contributed by atoms with E-state index in [1.807, 2.05) is 30.3 Å². The monoisotopic (exact) mass is 377 g/mol. The van der Waals surface area contributed by atoms with Gasteiger partial charge in [0, 0.05) is 12.0 Å². The summed E-state index contributed by atoms with van der Waals surface area (Å²) in [5.41, 5.74) is 2.83.